The van der Waals surface area contributed by atoms with Gasteiger partial charge in [0.2, 0.25) is 0 Å². The monoisotopic (exact) mass is 406 g/mol. The van der Waals surface area contributed by atoms with Crippen molar-refractivity contribution < 1.29 is 22.7 Å². The van der Waals surface area contributed by atoms with Gasteiger partial charge in [0.25, 0.3) is 5.91 Å². The Balaban J connectivity index is 1.45. The molecule has 1 aromatic heterocycles. The van der Waals surface area contributed by atoms with Crippen molar-refractivity contribution in [1.82, 2.24) is 10.3 Å². The van der Waals surface area contributed by atoms with Crippen LogP contribution in [0.3, 0.4) is 0 Å². The van der Waals surface area contributed by atoms with Gasteiger partial charge in [0.05, 0.1) is 18.4 Å². The summed E-state index contributed by atoms with van der Waals surface area (Å²) in [6, 6.07) is 8.44. The quantitative estimate of drug-likeness (QED) is 0.702. The summed E-state index contributed by atoms with van der Waals surface area (Å²) >= 11 is 0. The second-order valence-electron chi connectivity index (χ2n) is 7.39. The molecule has 156 valence electrons. The zero-order valence-electron chi connectivity index (χ0n) is 16.2. The molecule has 1 aliphatic rings. The molecule has 1 aliphatic carbocycles. The Morgan fingerprint density at radius 2 is 1.93 bits per heavy atom. The number of amides is 1. The Morgan fingerprint density at radius 1 is 1.14 bits per heavy atom. The highest BCUT2D eigenvalue weighted by Crippen LogP contribution is 2.29. The van der Waals surface area contributed by atoms with Gasteiger partial charge < -0.3 is 10.1 Å². The second-order valence-corrected chi connectivity index (χ2v) is 7.39. The van der Waals surface area contributed by atoms with E-state index in [-0.39, 0.29) is 12.5 Å². The van der Waals surface area contributed by atoms with E-state index in [1.54, 1.807) is 18.2 Å². The van der Waals surface area contributed by atoms with Gasteiger partial charge in [-0.25, -0.2) is 4.98 Å². The number of halogens is 3. The van der Waals surface area contributed by atoms with Crippen LogP contribution in [0.4, 0.5) is 13.2 Å². The molecule has 0 saturated heterocycles. The molecule has 0 radical (unpaired) electrons. The fraction of sp³-hybridized carbons (Fsp3) is 0.455. The summed E-state index contributed by atoms with van der Waals surface area (Å²) in [7, 11) is 0. The molecule has 0 bridgehead atoms. The zero-order valence-corrected chi connectivity index (χ0v) is 16.2. The molecule has 0 aliphatic heterocycles. The standard InChI is InChI=1S/C22H25F3N2O2/c23-22(24,25)18-8-4-7-16(13-18)11-12-29-19-9-10-20(26-15-19)21(28)27-14-17-5-2-1-3-6-17/h4,7-10,13,15,17H,1-3,5-6,11-12,14H2,(H,27,28). The number of rotatable bonds is 7. The first-order chi connectivity index (χ1) is 13.9. The molecule has 4 nitrogen and oxygen atoms in total. The number of carbonyl (C=O) groups is 1. The van der Waals surface area contributed by atoms with E-state index in [9.17, 15) is 18.0 Å². The molecule has 7 heteroatoms. The van der Waals surface area contributed by atoms with Crippen LogP contribution in [0.25, 0.3) is 0 Å². The highest BCUT2D eigenvalue weighted by atomic mass is 19.4. The Morgan fingerprint density at radius 3 is 2.62 bits per heavy atom. The molecule has 1 heterocycles. The Hall–Kier alpha value is -2.57. The summed E-state index contributed by atoms with van der Waals surface area (Å²) in [4.78, 5) is 16.3. The lowest BCUT2D eigenvalue weighted by molar-refractivity contribution is -0.137. The van der Waals surface area contributed by atoms with Gasteiger partial charge in [0.1, 0.15) is 11.4 Å². The van der Waals surface area contributed by atoms with E-state index in [0.717, 1.165) is 25.0 Å². The topological polar surface area (TPSA) is 51.2 Å². The number of ether oxygens (including phenoxy) is 1. The lowest BCUT2D eigenvalue weighted by atomic mass is 9.89. The van der Waals surface area contributed by atoms with Crippen molar-refractivity contribution in [2.24, 2.45) is 5.92 Å². The van der Waals surface area contributed by atoms with Crippen molar-refractivity contribution in [3.63, 3.8) is 0 Å². The number of alkyl halides is 3. The highest BCUT2D eigenvalue weighted by Gasteiger charge is 2.30. The zero-order chi connectivity index (χ0) is 20.7. The molecule has 1 fully saturated rings. The maximum absolute atomic E-state index is 12.7. The number of hydrogen-bond donors (Lipinski definition) is 1. The van der Waals surface area contributed by atoms with Crippen LogP contribution in [0.15, 0.2) is 42.6 Å². The average Bonchev–Trinajstić information content (AvgIpc) is 2.73. The minimum Gasteiger partial charge on any atom is -0.492 e. The summed E-state index contributed by atoms with van der Waals surface area (Å²) < 4.78 is 43.8. The van der Waals surface area contributed by atoms with Gasteiger partial charge in [-0.1, -0.05) is 37.5 Å². The smallest absolute Gasteiger partial charge is 0.416 e. The predicted molar refractivity (Wildman–Crippen MR) is 104 cm³/mol. The summed E-state index contributed by atoms with van der Waals surface area (Å²) in [5.74, 6) is 0.818. The lowest BCUT2D eigenvalue weighted by Crippen LogP contribution is -2.30. The van der Waals surface area contributed by atoms with Crippen LogP contribution in [0, 0.1) is 5.92 Å². The van der Waals surface area contributed by atoms with Crippen LogP contribution >= 0.6 is 0 Å². The third kappa shape index (κ3) is 6.48. The van der Waals surface area contributed by atoms with Crippen molar-refractivity contribution in [2.75, 3.05) is 13.2 Å². The van der Waals surface area contributed by atoms with Crippen LogP contribution in [0.2, 0.25) is 0 Å². The molecule has 1 amide bonds. The van der Waals surface area contributed by atoms with Gasteiger partial charge in [-0.2, -0.15) is 13.2 Å². The third-order valence-corrected chi connectivity index (χ3v) is 5.16. The van der Waals surface area contributed by atoms with E-state index in [2.05, 4.69) is 10.3 Å². The molecule has 3 rings (SSSR count). The summed E-state index contributed by atoms with van der Waals surface area (Å²) in [5, 5.41) is 2.94. The van der Waals surface area contributed by atoms with Gasteiger partial charge in [-0.3, -0.25) is 4.79 Å². The van der Waals surface area contributed by atoms with Crippen LogP contribution in [0.1, 0.15) is 53.7 Å². The second kappa shape index (κ2) is 9.76. The number of nitrogens with one attached hydrogen (secondary N) is 1. The maximum atomic E-state index is 12.7. The van der Waals surface area contributed by atoms with E-state index >= 15 is 0 Å². The van der Waals surface area contributed by atoms with Gasteiger partial charge in [0.15, 0.2) is 0 Å². The molecule has 2 aromatic rings. The van der Waals surface area contributed by atoms with E-state index in [4.69, 9.17) is 4.74 Å². The Bertz CT molecular complexity index is 800. The maximum Gasteiger partial charge on any atom is 0.416 e. The number of aromatic nitrogens is 1. The summed E-state index contributed by atoms with van der Waals surface area (Å²) in [6.07, 6.45) is 3.50. The minimum atomic E-state index is -4.35. The van der Waals surface area contributed by atoms with Crippen molar-refractivity contribution in [1.29, 1.82) is 0 Å². The lowest BCUT2D eigenvalue weighted by Gasteiger charge is -2.21. The fourth-order valence-electron chi connectivity index (χ4n) is 3.51. The number of carbonyl (C=O) groups excluding carboxylic acids is 1. The van der Waals surface area contributed by atoms with Crippen LogP contribution in [-0.4, -0.2) is 24.0 Å². The molecular weight excluding hydrogens is 381 g/mol. The predicted octanol–water partition coefficient (Wildman–Crippen LogP) is 5.03. The van der Waals surface area contributed by atoms with Gasteiger partial charge >= 0.3 is 6.18 Å². The molecule has 0 atom stereocenters. The van der Waals surface area contributed by atoms with Crippen LogP contribution < -0.4 is 10.1 Å². The van der Waals surface area contributed by atoms with Crippen molar-refractivity contribution in [3.8, 4) is 5.75 Å². The SMILES string of the molecule is O=C(NCC1CCCCC1)c1ccc(OCCc2cccc(C(F)(F)F)c2)cn1. The summed E-state index contributed by atoms with van der Waals surface area (Å²) in [5.41, 5.74) is 0.206. The fourth-order valence-corrected chi connectivity index (χ4v) is 3.51. The number of hydrogen-bond acceptors (Lipinski definition) is 3. The third-order valence-electron chi connectivity index (χ3n) is 5.16. The molecular formula is C22H25F3N2O2. The van der Waals surface area contributed by atoms with Crippen LogP contribution in [0.5, 0.6) is 5.75 Å². The van der Waals surface area contributed by atoms with Crippen molar-refractivity contribution in [2.45, 2.75) is 44.7 Å². The van der Waals surface area contributed by atoms with Crippen molar-refractivity contribution in [3.05, 3.63) is 59.4 Å². The summed E-state index contributed by atoms with van der Waals surface area (Å²) in [6.45, 7) is 0.895. The Labute approximate surface area is 168 Å². The number of pyridine rings is 1. The first kappa shape index (κ1) is 21.1. The van der Waals surface area contributed by atoms with E-state index < -0.39 is 11.7 Å². The number of benzene rings is 1. The van der Waals surface area contributed by atoms with Crippen molar-refractivity contribution >= 4 is 5.91 Å². The van der Waals surface area contributed by atoms with Gasteiger partial charge in [-0.15, -0.1) is 0 Å². The van der Waals surface area contributed by atoms with Crippen LogP contribution in [-0.2, 0) is 12.6 Å². The normalized spacial score (nSPS) is 15.1. The van der Waals surface area contributed by atoms with E-state index in [1.807, 2.05) is 0 Å². The largest absolute Gasteiger partial charge is 0.492 e. The molecule has 1 aromatic carbocycles. The molecule has 0 spiro atoms. The highest BCUT2D eigenvalue weighted by molar-refractivity contribution is 5.92. The van der Waals surface area contributed by atoms with Gasteiger partial charge in [0, 0.05) is 13.0 Å². The minimum absolute atomic E-state index is 0.203. The van der Waals surface area contributed by atoms with E-state index in [1.165, 1.54) is 31.5 Å². The average molecular weight is 406 g/mol. The first-order valence-corrected chi connectivity index (χ1v) is 9.95. The van der Waals surface area contributed by atoms with E-state index in [0.29, 0.717) is 35.9 Å². The molecule has 1 N–H and O–H groups in total. The first-order valence-electron chi connectivity index (χ1n) is 9.95. The molecule has 29 heavy (non-hydrogen) atoms. The molecule has 0 unspecified atom stereocenters. The van der Waals surface area contributed by atoms with Gasteiger partial charge in [-0.05, 0) is 42.5 Å². The molecule has 1 saturated carbocycles. The number of nitrogens with zero attached hydrogens (tertiary/aromatic N) is 1. The Kier molecular flexibility index (Phi) is 7.12.